The highest BCUT2D eigenvalue weighted by atomic mass is 16.4. The number of nitrogens with zero attached hydrogens (tertiary/aromatic N) is 1. The number of carboxylic acid groups (broad SMARTS) is 2. The third kappa shape index (κ3) is 8.91. The van der Waals surface area contributed by atoms with Gasteiger partial charge in [0.15, 0.2) is 0 Å². The first-order valence-electron chi connectivity index (χ1n) is 6.03. The fraction of sp³-hybridized carbons (Fsp3) is 0.818. The summed E-state index contributed by atoms with van der Waals surface area (Å²) in [5.41, 5.74) is 0. The first kappa shape index (κ1) is 16.8. The Labute approximate surface area is 106 Å². The summed E-state index contributed by atoms with van der Waals surface area (Å²) in [5.74, 6) is -2.15. The van der Waals surface area contributed by atoms with Crippen molar-refractivity contribution in [1.82, 2.24) is 10.2 Å². The molecule has 7 heteroatoms. The summed E-state index contributed by atoms with van der Waals surface area (Å²) >= 11 is 0. The largest absolute Gasteiger partial charge is 0.481 e. The molecule has 7 nitrogen and oxygen atoms in total. The van der Waals surface area contributed by atoms with Crippen LogP contribution in [0.1, 0.15) is 26.2 Å². The van der Waals surface area contributed by atoms with E-state index in [0.29, 0.717) is 0 Å². The Morgan fingerprint density at radius 2 is 1.83 bits per heavy atom. The second-order valence-electron chi connectivity index (χ2n) is 4.01. The van der Waals surface area contributed by atoms with Crippen molar-refractivity contribution in [2.75, 3.05) is 26.2 Å². The summed E-state index contributed by atoms with van der Waals surface area (Å²) in [4.78, 5) is 21.4. The first-order valence-corrected chi connectivity index (χ1v) is 6.03. The Kier molecular flexibility index (Phi) is 9.17. The van der Waals surface area contributed by atoms with Crippen LogP contribution in [0.25, 0.3) is 0 Å². The molecule has 0 aromatic heterocycles. The van der Waals surface area contributed by atoms with Gasteiger partial charge in [-0.1, -0.05) is 6.92 Å². The maximum Gasteiger partial charge on any atom is 0.303 e. The maximum absolute atomic E-state index is 9.64. The Morgan fingerprint density at radius 1 is 1.28 bits per heavy atom. The molecule has 0 aliphatic carbocycles. The summed E-state index contributed by atoms with van der Waals surface area (Å²) in [6.45, 7) is 5.86. The molecule has 0 amide bonds. The predicted molar refractivity (Wildman–Crippen MR) is 65.2 cm³/mol. The fourth-order valence-electron chi connectivity index (χ4n) is 1.49. The highest BCUT2D eigenvalue weighted by Crippen LogP contribution is 1.99. The number of aliphatic hydroxyl groups excluding tert-OH is 1. The van der Waals surface area contributed by atoms with Gasteiger partial charge in [0.25, 0.3) is 0 Å². The molecule has 1 atom stereocenters. The molecule has 1 saturated heterocycles. The van der Waals surface area contributed by atoms with Crippen LogP contribution in [0.15, 0.2) is 0 Å². The number of aliphatic carboxylic acids is 2. The van der Waals surface area contributed by atoms with E-state index in [0.717, 1.165) is 32.6 Å². The predicted octanol–water partition coefficient (Wildman–Crippen LogP) is -0.444. The highest BCUT2D eigenvalue weighted by Gasteiger charge is 2.17. The molecule has 1 rings (SSSR count). The molecule has 18 heavy (non-hydrogen) atoms. The van der Waals surface area contributed by atoms with Crippen molar-refractivity contribution in [1.29, 1.82) is 0 Å². The highest BCUT2D eigenvalue weighted by molar-refractivity contribution is 5.75. The van der Waals surface area contributed by atoms with Gasteiger partial charge < -0.3 is 20.6 Å². The summed E-state index contributed by atoms with van der Waals surface area (Å²) in [6, 6.07) is 0. The molecule has 1 unspecified atom stereocenters. The number of aliphatic hydroxyl groups is 1. The van der Waals surface area contributed by atoms with Crippen LogP contribution in [-0.4, -0.2) is 64.6 Å². The van der Waals surface area contributed by atoms with Gasteiger partial charge in [0.05, 0.1) is 12.8 Å². The minimum atomic E-state index is -1.08. The molecular weight excluding hydrogens is 240 g/mol. The van der Waals surface area contributed by atoms with Crippen molar-refractivity contribution < 1.29 is 24.9 Å². The summed E-state index contributed by atoms with van der Waals surface area (Å²) < 4.78 is 0. The fourth-order valence-corrected chi connectivity index (χ4v) is 1.49. The van der Waals surface area contributed by atoms with E-state index in [-0.39, 0.29) is 19.1 Å². The van der Waals surface area contributed by atoms with Crippen LogP contribution >= 0.6 is 0 Å². The molecule has 1 fully saturated rings. The molecule has 4 N–H and O–H groups in total. The lowest BCUT2D eigenvalue weighted by molar-refractivity contribution is -0.143. The molecule has 106 valence electrons. The standard InChI is InChI=1S/C7H16N2O.C4H6O4/c1-2-4-9-5-3-8-6-7(9)10;5-3(6)1-2-4(7)8/h7-8,10H,2-6H2,1H3;1-2H2,(H,5,6)(H,7,8). The van der Waals surface area contributed by atoms with Gasteiger partial charge in [-0.25, -0.2) is 0 Å². The number of nitrogens with one attached hydrogen (secondary N) is 1. The van der Waals surface area contributed by atoms with Crippen LogP contribution in [0.4, 0.5) is 0 Å². The van der Waals surface area contributed by atoms with E-state index < -0.39 is 11.9 Å². The van der Waals surface area contributed by atoms with Gasteiger partial charge in [-0.2, -0.15) is 0 Å². The molecule has 0 spiro atoms. The molecule has 1 heterocycles. The number of carboxylic acids is 2. The smallest absolute Gasteiger partial charge is 0.303 e. The SMILES string of the molecule is CCCN1CCNCC1O.O=C(O)CCC(=O)O. The Hall–Kier alpha value is -1.18. The lowest BCUT2D eigenvalue weighted by Crippen LogP contribution is -2.51. The van der Waals surface area contributed by atoms with E-state index in [1.54, 1.807) is 0 Å². The Morgan fingerprint density at radius 3 is 2.22 bits per heavy atom. The monoisotopic (exact) mass is 262 g/mol. The number of hydrogen-bond donors (Lipinski definition) is 4. The number of β-amino-alcohol motifs (C(OH)–C–C–N with tert-alkyl or cyclic N) is 1. The lowest BCUT2D eigenvalue weighted by atomic mass is 10.3. The van der Waals surface area contributed by atoms with E-state index in [1.165, 1.54) is 0 Å². The maximum atomic E-state index is 9.64. The third-order valence-electron chi connectivity index (χ3n) is 2.39. The number of carbonyl (C=O) groups is 2. The third-order valence-corrected chi connectivity index (χ3v) is 2.39. The summed E-state index contributed by atoms with van der Waals surface area (Å²) in [6.07, 6.45) is 0.274. The average Bonchev–Trinajstić information content (AvgIpc) is 2.31. The van der Waals surface area contributed by atoms with Crippen molar-refractivity contribution in [3.8, 4) is 0 Å². The topological polar surface area (TPSA) is 110 Å². The van der Waals surface area contributed by atoms with Crippen molar-refractivity contribution in [2.45, 2.75) is 32.4 Å². The zero-order valence-corrected chi connectivity index (χ0v) is 10.6. The lowest BCUT2D eigenvalue weighted by Gasteiger charge is -2.32. The van der Waals surface area contributed by atoms with Crippen LogP contribution < -0.4 is 5.32 Å². The Balaban J connectivity index is 0.000000331. The molecule has 1 aliphatic heterocycles. The van der Waals surface area contributed by atoms with Crippen LogP contribution in [-0.2, 0) is 9.59 Å². The van der Waals surface area contributed by atoms with Crippen molar-refractivity contribution in [3.05, 3.63) is 0 Å². The molecule has 0 bridgehead atoms. The van der Waals surface area contributed by atoms with Gasteiger partial charge in [-0.15, -0.1) is 0 Å². The van der Waals surface area contributed by atoms with Gasteiger partial charge in [0.2, 0.25) is 0 Å². The van der Waals surface area contributed by atoms with Crippen LogP contribution in [0.5, 0.6) is 0 Å². The first-order chi connectivity index (χ1) is 8.47. The van der Waals surface area contributed by atoms with Gasteiger partial charge in [-0.3, -0.25) is 14.5 Å². The van der Waals surface area contributed by atoms with Crippen LogP contribution in [0.2, 0.25) is 0 Å². The van der Waals surface area contributed by atoms with Gasteiger partial charge in [0.1, 0.15) is 6.23 Å². The second kappa shape index (κ2) is 9.81. The average molecular weight is 262 g/mol. The minimum Gasteiger partial charge on any atom is -0.481 e. The molecule has 0 radical (unpaired) electrons. The number of piperazine rings is 1. The molecular formula is C11H22N2O5. The van der Waals surface area contributed by atoms with Gasteiger partial charge >= 0.3 is 11.9 Å². The molecule has 0 aromatic carbocycles. The summed E-state index contributed by atoms with van der Waals surface area (Å²) in [5, 5.41) is 28.3. The molecule has 0 aromatic rings. The van der Waals surface area contributed by atoms with Crippen molar-refractivity contribution >= 4 is 11.9 Å². The second-order valence-corrected chi connectivity index (χ2v) is 4.01. The van der Waals surface area contributed by atoms with Crippen molar-refractivity contribution in [2.24, 2.45) is 0 Å². The van der Waals surface area contributed by atoms with E-state index in [4.69, 9.17) is 10.2 Å². The minimum absolute atomic E-state index is 0.256. The van der Waals surface area contributed by atoms with E-state index in [1.807, 2.05) is 0 Å². The van der Waals surface area contributed by atoms with E-state index in [9.17, 15) is 14.7 Å². The van der Waals surface area contributed by atoms with E-state index >= 15 is 0 Å². The number of rotatable bonds is 5. The molecule has 1 aliphatic rings. The Bertz CT molecular complexity index is 244. The number of hydrogen-bond acceptors (Lipinski definition) is 5. The van der Waals surface area contributed by atoms with Crippen LogP contribution in [0, 0.1) is 0 Å². The molecule has 0 saturated carbocycles. The van der Waals surface area contributed by atoms with Crippen molar-refractivity contribution in [3.63, 3.8) is 0 Å². The van der Waals surface area contributed by atoms with Crippen LogP contribution in [0.3, 0.4) is 0 Å². The quantitative estimate of drug-likeness (QED) is 0.531. The van der Waals surface area contributed by atoms with Gasteiger partial charge in [-0.05, 0) is 6.42 Å². The van der Waals surface area contributed by atoms with E-state index in [2.05, 4.69) is 17.1 Å². The zero-order chi connectivity index (χ0) is 14.0. The summed E-state index contributed by atoms with van der Waals surface area (Å²) in [7, 11) is 0. The zero-order valence-electron chi connectivity index (χ0n) is 10.6. The van der Waals surface area contributed by atoms with Gasteiger partial charge in [0, 0.05) is 26.2 Å². The normalized spacial score (nSPS) is 19.8.